The number of benzene rings is 1. The molecule has 0 saturated carbocycles. The maximum absolute atomic E-state index is 12.6. The van der Waals surface area contributed by atoms with E-state index in [2.05, 4.69) is 10.1 Å². The minimum atomic E-state index is -0.726. The fourth-order valence-corrected chi connectivity index (χ4v) is 3.24. The highest BCUT2D eigenvalue weighted by Crippen LogP contribution is 2.33. The summed E-state index contributed by atoms with van der Waals surface area (Å²) < 4.78 is 1.60. The monoisotopic (exact) mass is 353 g/mol. The molecule has 0 aliphatic carbocycles. The zero-order valence-electron chi connectivity index (χ0n) is 15.5. The zero-order chi connectivity index (χ0) is 19.1. The van der Waals surface area contributed by atoms with Crippen molar-refractivity contribution < 1.29 is 9.59 Å². The highest BCUT2D eigenvalue weighted by atomic mass is 16.2. The molecule has 7 nitrogen and oxygen atoms in total. The van der Waals surface area contributed by atoms with Gasteiger partial charge in [0.15, 0.2) is 11.7 Å². The Labute approximate surface area is 152 Å². The zero-order valence-corrected chi connectivity index (χ0v) is 15.5. The minimum absolute atomic E-state index is 0.00197. The molecule has 2 heterocycles. The van der Waals surface area contributed by atoms with Crippen molar-refractivity contribution >= 4 is 17.6 Å². The van der Waals surface area contributed by atoms with Gasteiger partial charge in [0.05, 0.1) is 17.7 Å². The van der Waals surface area contributed by atoms with E-state index >= 15 is 0 Å². The van der Waals surface area contributed by atoms with Crippen LogP contribution in [-0.2, 0) is 23.8 Å². The number of carbonyl (C=O) groups is 2. The highest BCUT2D eigenvalue weighted by molar-refractivity contribution is 5.99. The molecule has 1 aliphatic heterocycles. The van der Waals surface area contributed by atoms with Crippen molar-refractivity contribution in [3.63, 3.8) is 0 Å². The smallest absolute Gasteiger partial charge is 0.231 e. The molecule has 0 fully saturated rings. The lowest BCUT2D eigenvalue weighted by Gasteiger charge is -2.33. The summed E-state index contributed by atoms with van der Waals surface area (Å²) in [6, 6.07) is 9.41. The number of hydrogen-bond acceptors (Lipinski definition) is 5. The number of rotatable bonds is 4. The number of aliphatic imine (C=N–C) groups is 1. The molecule has 2 N–H and O–H groups in total. The summed E-state index contributed by atoms with van der Waals surface area (Å²) in [6.45, 7) is 3.74. The van der Waals surface area contributed by atoms with Crippen molar-refractivity contribution in [2.24, 2.45) is 17.8 Å². The molecule has 0 saturated heterocycles. The molecule has 26 heavy (non-hydrogen) atoms. The molecule has 1 aromatic heterocycles. The maximum atomic E-state index is 12.6. The minimum Gasteiger partial charge on any atom is -0.369 e. The van der Waals surface area contributed by atoms with E-state index in [0.717, 1.165) is 16.8 Å². The predicted molar refractivity (Wildman–Crippen MR) is 98.8 cm³/mol. The number of carbonyl (C=O) groups excluding carboxylic acids is 2. The van der Waals surface area contributed by atoms with Crippen molar-refractivity contribution in [2.75, 3.05) is 7.05 Å². The molecule has 7 heteroatoms. The molecule has 1 aliphatic rings. The highest BCUT2D eigenvalue weighted by Gasteiger charge is 2.36. The first-order valence-corrected chi connectivity index (χ1v) is 8.45. The third kappa shape index (κ3) is 3.24. The Morgan fingerprint density at radius 3 is 2.65 bits per heavy atom. The van der Waals surface area contributed by atoms with E-state index < -0.39 is 5.54 Å². The molecule has 2 aromatic rings. The third-order valence-electron chi connectivity index (χ3n) is 4.78. The van der Waals surface area contributed by atoms with Crippen LogP contribution in [0.15, 0.2) is 35.3 Å². The summed E-state index contributed by atoms with van der Waals surface area (Å²) in [5, 5.41) is 4.22. The predicted octanol–water partition coefficient (Wildman–Crippen LogP) is 1.55. The van der Waals surface area contributed by atoms with Crippen LogP contribution in [0, 0.1) is 6.92 Å². The Bertz CT molecular complexity index is 914. The summed E-state index contributed by atoms with van der Waals surface area (Å²) >= 11 is 0. The van der Waals surface area contributed by atoms with Gasteiger partial charge in [0.1, 0.15) is 5.69 Å². The van der Waals surface area contributed by atoms with Crippen molar-refractivity contribution in [2.45, 2.75) is 32.2 Å². The lowest BCUT2D eigenvalue weighted by atomic mass is 9.86. The van der Waals surface area contributed by atoms with Crippen molar-refractivity contribution in [3.8, 4) is 0 Å². The Morgan fingerprint density at radius 2 is 2.04 bits per heavy atom. The summed E-state index contributed by atoms with van der Waals surface area (Å²) in [4.78, 5) is 30.6. The van der Waals surface area contributed by atoms with Crippen LogP contribution >= 0.6 is 0 Å². The fraction of sp³-hybridized carbons (Fsp3) is 0.368. The van der Waals surface area contributed by atoms with E-state index in [9.17, 15) is 9.59 Å². The van der Waals surface area contributed by atoms with Gasteiger partial charge in [0.25, 0.3) is 0 Å². The summed E-state index contributed by atoms with van der Waals surface area (Å²) in [6.07, 6.45) is 0.498. The number of hydrogen-bond donors (Lipinski definition) is 1. The first kappa shape index (κ1) is 17.8. The topological polar surface area (TPSA) is 93.6 Å². The second-order valence-corrected chi connectivity index (χ2v) is 6.97. The lowest BCUT2D eigenvalue weighted by molar-refractivity contribution is -0.128. The summed E-state index contributed by atoms with van der Waals surface area (Å²) in [5.41, 5.74) is 8.29. The lowest BCUT2D eigenvalue weighted by Crippen LogP contribution is -2.47. The van der Waals surface area contributed by atoms with Gasteiger partial charge in [-0.25, -0.2) is 4.99 Å². The number of aromatic nitrogens is 2. The van der Waals surface area contributed by atoms with Gasteiger partial charge in [-0.2, -0.15) is 5.10 Å². The van der Waals surface area contributed by atoms with Crippen LogP contribution in [0.3, 0.4) is 0 Å². The second kappa shape index (κ2) is 6.40. The molecule has 136 valence electrons. The van der Waals surface area contributed by atoms with E-state index in [4.69, 9.17) is 5.73 Å². The Hall–Kier alpha value is -2.96. The van der Waals surface area contributed by atoms with Gasteiger partial charge in [-0.3, -0.25) is 19.2 Å². The summed E-state index contributed by atoms with van der Waals surface area (Å²) in [7, 11) is 3.38. The first-order valence-electron chi connectivity index (χ1n) is 8.45. The quantitative estimate of drug-likeness (QED) is 0.844. The second-order valence-electron chi connectivity index (χ2n) is 6.97. The molecule has 1 amide bonds. The van der Waals surface area contributed by atoms with Gasteiger partial charge in [-0.1, -0.05) is 24.3 Å². The molecular weight excluding hydrogens is 330 g/mol. The van der Waals surface area contributed by atoms with Gasteiger partial charge in [0.2, 0.25) is 5.91 Å². The first-order chi connectivity index (χ1) is 12.2. The van der Waals surface area contributed by atoms with Crippen molar-refractivity contribution in [1.29, 1.82) is 0 Å². The number of guanidine groups is 1. The average molecular weight is 353 g/mol. The summed E-state index contributed by atoms with van der Waals surface area (Å²) in [5.74, 6) is 0.125. The van der Waals surface area contributed by atoms with E-state index in [-0.39, 0.29) is 30.5 Å². The van der Waals surface area contributed by atoms with Gasteiger partial charge in [-0.15, -0.1) is 0 Å². The van der Waals surface area contributed by atoms with Crippen LogP contribution in [0.25, 0.3) is 0 Å². The maximum Gasteiger partial charge on any atom is 0.231 e. The molecule has 0 bridgehead atoms. The van der Waals surface area contributed by atoms with E-state index in [1.165, 1.54) is 4.90 Å². The molecule has 0 radical (unpaired) electrons. The normalized spacial score (nSPS) is 20.2. The number of nitrogens with two attached hydrogens (primary N) is 1. The Morgan fingerprint density at radius 1 is 1.31 bits per heavy atom. The van der Waals surface area contributed by atoms with Gasteiger partial charge in [-0.05, 0) is 31.0 Å². The Balaban J connectivity index is 1.88. The molecule has 1 atom stereocenters. The molecule has 1 unspecified atom stereocenters. The Kier molecular flexibility index (Phi) is 4.39. The molecule has 0 spiro atoms. The number of Topliss-reactive ketones (excluding diaryl/α,β-unsaturated/α-hetero) is 1. The van der Waals surface area contributed by atoms with E-state index in [1.54, 1.807) is 24.8 Å². The van der Waals surface area contributed by atoms with Crippen LogP contribution in [0.5, 0.6) is 0 Å². The number of ketones is 1. The average Bonchev–Trinajstić information content (AvgIpc) is 2.91. The molecule has 3 rings (SSSR count). The fourth-order valence-electron chi connectivity index (χ4n) is 3.24. The van der Waals surface area contributed by atoms with Crippen LogP contribution in [0.2, 0.25) is 0 Å². The third-order valence-corrected chi connectivity index (χ3v) is 4.78. The number of nitrogens with zero attached hydrogens (tertiary/aromatic N) is 4. The van der Waals surface area contributed by atoms with Crippen LogP contribution in [-0.4, -0.2) is 39.4 Å². The molecular formula is C19H23N5O2. The van der Waals surface area contributed by atoms with Crippen LogP contribution in [0.4, 0.5) is 0 Å². The van der Waals surface area contributed by atoms with E-state index in [0.29, 0.717) is 5.69 Å². The van der Waals surface area contributed by atoms with Gasteiger partial charge >= 0.3 is 0 Å². The number of aryl methyl sites for hydroxylation is 2. The van der Waals surface area contributed by atoms with E-state index in [1.807, 2.05) is 38.1 Å². The van der Waals surface area contributed by atoms with Crippen molar-refractivity contribution in [1.82, 2.24) is 14.7 Å². The standard InChI is InChI=1S/C19H23N5O2/c1-12-8-15(24(4)22-12)16(25)10-13-6-5-7-14(9-13)19(2)11-17(26)23(3)18(20)21-19/h5-9H,10-11H2,1-4H3,(H2,20,21). The number of amides is 1. The SMILES string of the molecule is Cc1cc(C(=O)Cc2cccc(C3(C)CC(=O)N(C)C(N)=N3)c2)n(C)n1. The largest absolute Gasteiger partial charge is 0.369 e. The molecule has 1 aromatic carbocycles. The van der Waals surface area contributed by atoms with Crippen LogP contribution in [0.1, 0.15) is 40.7 Å². The van der Waals surface area contributed by atoms with Crippen molar-refractivity contribution in [3.05, 3.63) is 52.8 Å². The van der Waals surface area contributed by atoms with Gasteiger partial charge in [0, 0.05) is 20.5 Å². The van der Waals surface area contributed by atoms with Crippen LogP contribution < -0.4 is 5.73 Å². The van der Waals surface area contributed by atoms with Gasteiger partial charge < -0.3 is 5.73 Å².